The average Bonchev–Trinajstić information content (AvgIpc) is 2.45. The number of carbonyl (C=O) groups is 1. The fourth-order valence-electron chi connectivity index (χ4n) is 1.44. The lowest BCUT2D eigenvalue weighted by atomic mass is 10.3. The Hall–Kier alpha value is -2.12. The molecule has 1 unspecified atom stereocenters. The van der Waals surface area contributed by atoms with E-state index in [1.807, 2.05) is 13.8 Å². The van der Waals surface area contributed by atoms with Gasteiger partial charge in [0.05, 0.1) is 13.2 Å². The Morgan fingerprint density at radius 2 is 1.90 bits per heavy atom. The molecule has 0 amide bonds. The Kier molecular flexibility index (Phi) is 7.20. The lowest BCUT2D eigenvalue weighted by Gasteiger charge is -2.14. The van der Waals surface area contributed by atoms with Gasteiger partial charge in [0.15, 0.2) is 0 Å². The zero-order valence-electron chi connectivity index (χ0n) is 13.0. The molecule has 0 saturated carbocycles. The maximum absolute atomic E-state index is 11.6. The summed E-state index contributed by atoms with van der Waals surface area (Å²) < 4.78 is 10.3. The minimum Gasteiger partial charge on any atom is -0.464 e. The predicted octanol–water partition coefficient (Wildman–Crippen LogP) is 1.46. The molecule has 0 spiro atoms. The molecule has 0 fully saturated rings. The van der Waals surface area contributed by atoms with Gasteiger partial charge in [-0.1, -0.05) is 6.92 Å². The second-order valence-corrected chi connectivity index (χ2v) is 4.26. The van der Waals surface area contributed by atoms with Crippen LogP contribution in [0.25, 0.3) is 0 Å². The number of rotatable bonds is 9. The zero-order chi connectivity index (χ0) is 15.7. The van der Waals surface area contributed by atoms with Crippen molar-refractivity contribution in [2.45, 2.75) is 40.2 Å². The SMILES string of the molecule is CCCOc1nc(NCC)nc(NC(C)C(=O)OCC)n1. The summed E-state index contributed by atoms with van der Waals surface area (Å²) in [6, 6.07) is -0.331. The maximum atomic E-state index is 11.6. The smallest absolute Gasteiger partial charge is 0.328 e. The summed E-state index contributed by atoms with van der Waals surface area (Å²) in [5, 5.41) is 5.88. The Bertz CT molecular complexity index is 455. The monoisotopic (exact) mass is 297 g/mol. The van der Waals surface area contributed by atoms with Crippen molar-refractivity contribution in [2.75, 3.05) is 30.4 Å². The molecule has 21 heavy (non-hydrogen) atoms. The van der Waals surface area contributed by atoms with Crippen molar-refractivity contribution in [2.24, 2.45) is 0 Å². The summed E-state index contributed by atoms with van der Waals surface area (Å²) in [4.78, 5) is 24.1. The highest BCUT2D eigenvalue weighted by Crippen LogP contribution is 2.12. The van der Waals surface area contributed by atoms with Crippen molar-refractivity contribution >= 4 is 17.9 Å². The first-order valence-corrected chi connectivity index (χ1v) is 7.16. The summed E-state index contributed by atoms with van der Waals surface area (Å²) in [6.07, 6.45) is 0.851. The molecule has 0 bridgehead atoms. The van der Waals surface area contributed by atoms with Crippen LogP contribution in [0.3, 0.4) is 0 Å². The van der Waals surface area contributed by atoms with E-state index in [1.54, 1.807) is 13.8 Å². The fourth-order valence-corrected chi connectivity index (χ4v) is 1.44. The molecular weight excluding hydrogens is 274 g/mol. The van der Waals surface area contributed by atoms with E-state index < -0.39 is 6.04 Å². The minimum atomic E-state index is -0.555. The third kappa shape index (κ3) is 5.80. The number of carbonyl (C=O) groups excluding carboxylic acids is 1. The molecule has 8 nitrogen and oxygen atoms in total. The van der Waals surface area contributed by atoms with Crippen LogP contribution in [-0.4, -0.2) is 46.7 Å². The van der Waals surface area contributed by atoms with Gasteiger partial charge in [-0.15, -0.1) is 0 Å². The first kappa shape index (κ1) is 16.9. The zero-order valence-corrected chi connectivity index (χ0v) is 13.0. The molecule has 0 aromatic carbocycles. The van der Waals surface area contributed by atoms with Crippen LogP contribution in [0.15, 0.2) is 0 Å². The number of hydrogen-bond donors (Lipinski definition) is 2. The highest BCUT2D eigenvalue weighted by atomic mass is 16.5. The maximum Gasteiger partial charge on any atom is 0.328 e. The first-order valence-electron chi connectivity index (χ1n) is 7.16. The van der Waals surface area contributed by atoms with Crippen molar-refractivity contribution in [1.82, 2.24) is 15.0 Å². The number of nitrogens with zero attached hydrogens (tertiary/aromatic N) is 3. The summed E-state index contributed by atoms with van der Waals surface area (Å²) >= 11 is 0. The minimum absolute atomic E-state index is 0.223. The molecular formula is C13H23N5O3. The van der Waals surface area contributed by atoms with Crippen LogP contribution in [0.2, 0.25) is 0 Å². The molecule has 1 rings (SSSR count). The topological polar surface area (TPSA) is 98.3 Å². The summed E-state index contributed by atoms with van der Waals surface area (Å²) in [5.41, 5.74) is 0. The number of anilines is 2. The van der Waals surface area contributed by atoms with Crippen molar-refractivity contribution < 1.29 is 14.3 Å². The van der Waals surface area contributed by atoms with Crippen molar-refractivity contribution in [3.63, 3.8) is 0 Å². The van der Waals surface area contributed by atoms with Crippen LogP contribution < -0.4 is 15.4 Å². The third-order valence-electron chi connectivity index (χ3n) is 2.37. The predicted molar refractivity (Wildman–Crippen MR) is 79.5 cm³/mol. The van der Waals surface area contributed by atoms with E-state index in [0.29, 0.717) is 25.7 Å². The number of nitrogens with one attached hydrogen (secondary N) is 2. The molecule has 2 N–H and O–H groups in total. The van der Waals surface area contributed by atoms with Crippen molar-refractivity contribution in [1.29, 1.82) is 0 Å². The molecule has 0 aliphatic rings. The van der Waals surface area contributed by atoms with Gasteiger partial charge in [-0.3, -0.25) is 0 Å². The van der Waals surface area contributed by atoms with Gasteiger partial charge in [0.25, 0.3) is 0 Å². The number of hydrogen-bond acceptors (Lipinski definition) is 8. The van der Waals surface area contributed by atoms with E-state index in [1.165, 1.54) is 0 Å². The van der Waals surface area contributed by atoms with Crippen molar-refractivity contribution in [3.05, 3.63) is 0 Å². The highest BCUT2D eigenvalue weighted by molar-refractivity contribution is 5.78. The molecule has 1 aromatic rings. The molecule has 1 heterocycles. The lowest BCUT2D eigenvalue weighted by Crippen LogP contribution is -2.29. The second kappa shape index (κ2) is 8.93. The van der Waals surface area contributed by atoms with E-state index in [2.05, 4.69) is 25.6 Å². The lowest BCUT2D eigenvalue weighted by molar-refractivity contribution is -0.143. The molecule has 118 valence electrons. The van der Waals surface area contributed by atoms with Gasteiger partial charge in [-0.25, -0.2) is 4.79 Å². The number of esters is 1. The molecule has 8 heteroatoms. The van der Waals surface area contributed by atoms with Crippen LogP contribution in [0, 0.1) is 0 Å². The summed E-state index contributed by atoms with van der Waals surface area (Å²) in [7, 11) is 0. The summed E-state index contributed by atoms with van der Waals surface area (Å²) in [6.45, 7) is 8.88. The van der Waals surface area contributed by atoms with E-state index in [-0.39, 0.29) is 17.9 Å². The fraction of sp³-hybridized carbons (Fsp3) is 0.692. The molecule has 0 saturated heterocycles. The van der Waals surface area contributed by atoms with Gasteiger partial charge in [0.2, 0.25) is 11.9 Å². The molecule has 0 radical (unpaired) electrons. The van der Waals surface area contributed by atoms with Gasteiger partial charge in [-0.05, 0) is 27.2 Å². The van der Waals surface area contributed by atoms with E-state index in [0.717, 1.165) is 6.42 Å². The van der Waals surface area contributed by atoms with Crippen LogP contribution in [0.1, 0.15) is 34.1 Å². The van der Waals surface area contributed by atoms with Crippen molar-refractivity contribution in [3.8, 4) is 6.01 Å². The molecule has 0 aliphatic heterocycles. The average molecular weight is 297 g/mol. The molecule has 1 atom stereocenters. The van der Waals surface area contributed by atoms with E-state index in [4.69, 9.17) is 9.47 Å². The van der Waals surface area contributed by atoms with Crippen LogP contribution >= 0.6 is 0 Å². The normalized spacial score (nSPS) is 11.6. The van der Waals surface area contributed by atoms with Gasteiger partial charge < -0.3 is 20.1 Å². The highest BCUT2D eigenvalue weighted by Gasteiger charge is 2.16. The van der Waals surface area contributed by atoms with Crippen LogP contribution in [-0.2, 0) is 9.53 Å². The van der Waals surface area contributed by atoms with Gasteiger partial charge >= 0.3 is 12.0 Å². The Balaban J connectivity index is 2.83. The number of aromatic nitrogens is 3. The van der Waals surface area contributed by atoms with Gasteiger partial charge in [-0.2, -0.15) is 15.0 Å². The van der Waals surface area contributed by atoms with E-state index >= 15 is 0 Å². The number of ether oxygens (including phenoxy) is 2. The largest absolute Gasteiger partial charge is 0.464 e. The standard InChI is InChI=1S/C13H23N5O3/c1-5-8-21-13-17-11(14-6-2)16-12(18-13)15-9(4)10(19)20-7-3/h9H,5-8H2,1-4H3,(H2,14,15,16,17,18). The molecule has 1 aromatic heterocycles. The van der Waals surface area contributed by atoms with Gasteiger partial charge in [0, 0.05) is 6.54 Å². The Morgan fingerprint density at radius 1 is 1.19 bits per heavy atom. The quantitative estimate of drug-likeness (QED) is 0.661. The van der Waals surface area contributed by atoms with E-state index in [9.17, 15) is 4.79 Å². The summed E-state index contributed by atoms with van der Waals surface area (Å²) in [5.74, 6) is 0.309. The van der Waals surface area contributed by atoms with Crippen LogP contribution in [0.4, 0.5) is 11.9 Å². The Labute approximate surface area is 124 Å². The van der Waals surface area contributed by atoms with Gasteiger partial charge in [0.1, 0.15) is 6.04 Å². The third-order valence-corrected chi connectivity index (χ3v) is 2.37. The first-order chi connectivity index (χ1) is 10.1. The Morgan fingerprint density at radius 3 is 2.52 bits per heavy atom. The second-order valence-electron chi connectivity index (χ2n) is 4.26. The van der Waals surface area contributed by atoms with Crippen LogP contribution in [0.5, 0.6) is 6.01 Å². The molecule has 0 aliphatic carbocycles.